The van der Waals surface area contributed by atoms with Crippen molar-refractivity contribution in [1.29, 1.82) is 0 Å². The van der Waals surface area contributed by atoms with Gasteiger partial charge in [0.15, 0.2) is 0 Å². The molecule has 21 heavy (non-hydrogen) atoms. The van der Waals surface area contributed by atoms with Crippen molar-refractivity contribution in [3.05, 3.63) is 42.5 Å². The molecule has 1 fully saturated rings. The summed E-state index contributed by atoms with van der Waals surface area (Å²) in [7, 11) is 3.22. The topological polar surface area (TPSA) is 58.6 Å². The van der Waals surface area contributed by atoms with Crippen LogP contribution in [0.5, 0.6) is 5.75 Å². The largest absolute Gasteiger partial charge is 0.497 e. The lowest BCUT2D eigenvalue weighted by molar-refractivity contribution is -0.131. The maximum absolute atomic E-state index is 11.9. The molecule has 0 bridgehead atoms. The van der Waals surface area contributed by atoms with E-state index < -0.39 is 0 Å². The Kier molecular flexibility index (Phi) is 4.62. The predicted octanol–water partition coefficient (Wildman–Crippen LogP) is 1.31. The lowest BCUT2D eigenvalue weighted by Crippen LogP contribution is -2.38. The van der Waals surface area contributed by atoms with E-state index in [1.165, 1.54) is 11.0 Å². The summed E-state index contributed by atoms with van der Waals surface area (Å²) in [5, 5.41) is 2.94. The van der Waals surface area contributed by atoms with E-state index in [1.807, 2.05) is 24.3 Å². The molecule has 0 aliphatic heterocycles. The molecule has 1 aliphatic rings. The number of ether oxygens (including phenoxy) is 1. The van der Waals surface area contributed by atoms with E-state index in [0.29, 0.717) is 5.92 Å². The summed E-state index contributed by atoms with van der Waals surface area (Å²) in [5.74, 6) is 0.735. The first-order chi connectivity index (χ1) is 10.0. The Bertz CT molecular complexity index is 556. The number of carbonyl (C=O) groups is 2. The number of carbonyl (C=O) groups excluding carboxylic acids is 2. The highest BCUT2D eigenvalue weighted by Crippen LogP contribution is 2.41. The number of methoxy groups -OCH3 is 1. The summed E-state index contributed by atoms with van der Waals surface area (Å²) >= 11 is 0. The average Bonchev–Trinajstić information content (AvgIpc) is 3.25. The molecule has 1 N–H and O–H groups in total. The van der Waals surface area contributed by atoms with Crippen LogP contribution in [0.2, 0.25) is 0 Å². The zero-order chi connectivity index (χ0) is 15.4. The highest BCUT2D eigenvalue weighted by Gasteiger charge is 2.39. The average molecular weight is 288 g/mol. The molecule has 2 atom stereocenters. The SMILES string of the molecule is C=CC(=O)N(C)CC(=O)N[C@@H]1C[C@H]1c1cccc(OC)c1. The van der Waals surface area contributed by atoms with Crippen molar-refractivity contribution in [2.24, 2.45) is 0 Å². The summed E-state index contributed by atoms with van der Waals surface area (Å²) in [4.78, 5) is 24.5. The summed E-state index contributed by atoms with van der Waals surface area (Å²) in [6.45, 7) is 3.44. The van der Waals surface area contributed by atoms with Crippen LogP contribution in [0.25, 0.3) is 0 Å². The molecule has 112 valence electrons. The third-order valence-electron chi connectivity index (χ3n) is 3.59. The van der Waals surface area contributed by atoms with Crippen molar-refractivity contribution in [1.82, 2.24) is 10.2 Å². The van der Waals surface area contributed by atoms with Gasteiger partial charge in [0.05, 0.1) is 13.7 Å². The lowest BCUT2D eigenvalue weighted by Gasteiger charge is -2.14. The molecule has 0 unspecified atom stereocenters. The predicted molar refractivity (Wildman–Crippen MR) is 80.1 cm³/mol. The fourth-order valence-electron chi connectivity index (χ4n) is 2.30. The first kappa shape index (κ1) is 15.1. The second kappa shape index (κ2) is 6.43. The van der Waals surface area contributed by atoms with Gasteiger partial charge in [-0.1, -0.05) is 18.7 Å². The molecule has 2 rings (SSSR count). The van der Waals surface area contributed by atoms with Gasteiger partial charge in [-0.3, -0.25) is 9.59 Å². The van der Waals surface area contributed by atoms with Gasteiger partial charge in [-0.15, -0.1) is 0 Å². The van der Waals surface area contributed by atoms with E-state index in [-0.39, 0.29) is 24.4 Å². The van der Waals surface area contributed by atoms with E-state index in [2.05, 4.69) is 11.9 Å². The van der Waals surface area contributed by atoms with E-state index in [9.17, 15) is 9.59 Å². The highest BCUT2D eigenvalue weighted by atomic mass is 16.5. The van der Waals surface area contributed by atoms with Gasteiger partial charge in [0.2, 0.25) is 11.8 Å². The number of hydrogen-bond donors (Lipinski definition) is 1. The number of amides is 2. The Morgan fingerprint density at radius 2 is 2.29 bits per heavy atom. The van der Waals surface area contributed by atoms with Crippen LogP contribution in [0.4, 0.5) is 0 Å². The van der Waals surface area contributed by atoms with Gasteiger partial charge < -0.3 is 15.0 Å². The highest BCUT2D eigenvalue weighted by molar-refractivity contribution is 5.90. The molecule has 1 aromatic rings. The molecule has 1 aliphatic carbocycles. The normalized spacial score (nSPS) is 19.5. The zero-order valence-electron chi connectivity index (χ0n) is 12.3. The van der Waals surface area contributed by atoms with E-state index in [0.717, 1.165) is 17.7 Å². The summed E-state index contributed by atoms with van der Waals surface area (Å²) in [5.41, 5.74) is 1.16. The van der Waals surface area contributed by atoms with Gasteiger partial charge in [0.25, 0.3) is 0 Å². The third kappa shape index (κ3) is 3.84. The Labute approximate surface area is 124 Å². The fourth-order valence-corrected chi connectivity index (χ4v) is 2.30. The van der Waals surface area contributed by atoms with Gasteiger partial charge >= 0.3 is 0 Å². The monoisotopic (exact) mass is 288 g/mol. The summed E-state index contributed by atoms with van der Waals surface area (Å²) in [6, 6.07) is 8.01. The minimum atomic E-state index is -0.259. The molecule has 5 heteroatoms. The van der Waals surface area contributed by atoms with Crippen LogP contribution in [-0.2, 0) is 9.59 Å². The smallest absolute Gasteiger partial charge is 0.246 e. The van der Waals surface area contributed by atoms with E-state index >= 15 is 0 Å². The van der Waals surface area contributed by atoms with Gasteiger partial charge in [0, 0.05) is 19.0 Å². The second-order valence-electron chi connectivity index (χ2n) is 5.19. The summed E-state index contributed by atoms with van der Waals surface area (Å²) in [6.07, 6.45) is 2.11. The Balaban J connectivity index is 1.85. The van der Waals surface area contributed by atoms with E-state index in [1.54, 1.807) is 14.2 Å². The quantitative estimate of drug-likeness (QED) is 0.803. The number of rotatable bonds is 6. The van der Waals surface area contributed by atoms with Crippen LogP contribution in [0, 0.1) is 0 Å². The molecule has 0 saturated heterocycles. The summed E-state index contributed by atoms with van der Waals surface area (Å²) < 4.78 is 5.20. The maximum atomic E-state index is 11.9. The fraction of sp³-hybridized carbons (Fsp3) is 0.375. The number of benzene rings is 1. The van der Waals surface area contributed by atoms with Crippen LogP contribution in [0.15, 0.2) is 36.9 Å². The molecule has 0 heterocycles. The molecular formula is C16H20N2O3. The molecule has 1 saturated carbocycles. The van der Waals surface area contributed by atoms with Crippen LogP contribution < -0.4 is 10.1 Å². The molecule has 0 radical (unpaired) electrons. The standard InChI is InChI=1S/C16H20N2O3/c1-4-16(20)18(2)10-15(19)17-14-9-13(14)11-6-5-7-12(8-11)21-3/h4-8,13-14H,1,9-10H2,2-3H3,(H,17,19)/t13-,14+/m0/s1. The number of hydrogen-bond acceptors (Lipinski definition) is 3. The van der Waals surface area contributed by atoms with Gasteiger partial charge in [-0.2, -0.15) is 0 Å². The first-order valence-electron chi connectivity index (χ1n) is 6.86. The number of nitrogens with one attached hydrogen (secondary N) is 1. The molecule has 0 spiro atoms. The minimum Gasteiger partial charge on any atom is -0.497 e. The van der Waals surface area contributed by atoms with Crippen LogP contribution in [0.3, 0.4) is 0 Å². The first-order valence-corrected chi connectivity index (χ1v) is 6.86. The van der Waals surface area contributed by atoms with Crippen molar-refractivity contribution < 1.29 is 14.3 Å². The molecule has 0 aromatic heterocycles. The van der Waals surface area contributed by atoms with Crippen molar-refractivity contribution >= 4 is 11.8 Å². The van der Waals surface area contributed by atoms with Crippen LogP contribution >= 0.6 is 0 Å². The van der Waals surface area contributed by atoms with Crippen LogP contribution in [0.1, 0.15) is 17.9 Å². The Morgan fingerprint density at radius 1 is 1.52 bits per heavy atom. The van der Waals surface area contributed by atoms with Crippen molar-refractivity contribution in [3.63, 3.8) is 0 Å². The minimum absolute atomic E-state index is 0.0478. The van der Waals surface area contributed by atoms with Gasteiger partial charge in [-0.05, 0) is 30.2 Å². The molecule has 2 amide bonds. The molecule has 5 nitrogen and oxygen atoms in total. The Hall–Kier alpha value is -2.30. The van der Waals surface area contributed by atoms with Crippen molar-refractivity contribution in [2.45, 2.75) is 18.4 Å². The molecule has 1 aromatic carbocycles. The number of likely N-dealkylation sites (N-methyl/N-ethyl adjacent to an activating group) is 1. The van der Waals surface area contributed by atoms with Gasteiger partial charge in [-0.25, -0.2) is 0 Å². The lowest BCUT2D eigenvalue weighted by atomic mass is 10.1. The van der Waals surface area contributed by atoms with Gasteiger partial charge in [0.1, 0.15) is 5.75 Å². The molecular weight excluding hydrogens is 268 g/mol. The van der Waals surface area contributed by atoms with E-state index in [4.69, 9.17) is 4.74 Å². The Morgan fingerprint density at radius 3 is 2.95 bits per heavy atom. The third-order valence-corrected chi connectivity index (χ3v) is 3.59. The maximum Gasteiger partial charge on any atom is 0.246 e. The van der Waals surface area contributed by atoms with Crippen molar-refractivity contribution in [2.75, 3.05) is 20.7 Å². The zero-order valence-corrected chi connectivity index (χ0v) is 12.3. The number of nitrogens with zero attached hydrogens (tertiary/aromatic N) is 1. The second-order valence-corrected chi connectivity index (χ2v) is 5.19. The van der Waals surface area contributed by atoms with Crippen LogP contribution in [-0.4, -0.2) is 43.5 Å². The van der Waals surface area contributed by atoms with Crippen molar-refractivity contribution in [3.8, 4) is 5.75 Å².